The highest BCUT2D eigenvalue weighted by Crippen LogP contribution is 2.23. The van der Waals surface area contributed by atoms with Crippen LogP contribution in [0.3, 0.4) is 0 Å². The molecule has 0 radical (unpaired) electrons. The lowest BCUT2D eigenvalue weighted by molar-refractivity contribution is 0.0238. The van der Waals surface area contributed by atoms with Crippen molar-refractivity contribution in [3.8, 4) is 0 Å². The molecule has 2 atom stereocenters. The Bertz CT molecular complexity index is 283. The summed E-state index contributed by atoms with van der Waals surface area (Å²) in [4.78, 5) is 3.84. The largest absolute Gasteiger partial charge is 0.389 e. The number of hydrogen-bond donors (Lipinski definition) is 3. The van der Waals surface area contributed by atoms with Crippen LogP contribution in [0.5, 0.6) is 0 Å². The molecule has 72 valence electrons. The third kappa shape index (κ3) is 2.47. The van der Waals surface area contributed by atoms with E-state index in [9.17, 15) is 10.2 Å². The quantitative estimate of drug-likeness (QED) is 0.712. The fraction of sp³-hybridized carbons (Fsp3) is 0.375. The molecule has 1 rings (SSSR count). The second-order valence-electron chi connectivity index (χ2n) is 2.65. The number of pyridine rings is 1. The summed E-state index contributed by atoms with van der Waals surface area (Å²) in [7, 11) is 0. The van der Waals surface area contributed by atoms with Crippen LogP contribution in [-0.4, -0.2) is 27.8 Å². The second kappa shape index (κ2) is 4.66. The van der Waals surface area contributed by atoms with Crippen LogP contribution in [0, 0.1) is 0 Å². The van der Waals surface area contributed by atoms with Crippen LogP contribution in [0.2, 0.25) is 0 Å². The van der Waals surface area contributed by atoms with Gasteiger partial charge in [0.1, 0.15) is 6.10 Å². The zero-order valence-corrected chi connectivity index (χ0v) is 8.48. The van der Waals surface area contributed by atoms with E-state index in [0.717, 1.165) is 0 Å². The number of nitrogens with zero attached hydrogens (tertiary/aromatic N) is 1. The summed E-state index contributed by atoms with van der Waals surface area (Å²) in [5.74, 6) is 0. The standard InChI is InChI=1S/C8H11BrN2O2/c9-6-4-11-2-1-5(6)8(13)7(12)3-10/h1-2,4,7-8,12-13H,3,10H2. The zero-order valence-electron chi connectivity index (χ0n) is 6.89. The topological polar surface area (TPSA) is 79.4 Å². The van der Waals surface area contributed by atoms with Gasteiger partial charge >= 0.3 is 0 Å². The van der Waals surface area contributed by atoms with Gasteiger partial charge in [-0.1, -0.05) is 0 Å². The number of aromatic nitrogens is 1. The molecule has 0 amide bonds. The Labute approximate surface area is 84.5 Å². The van der Waals surface area contributed by atoms with Crippen molar-refractivity contribution in [1.82, 2.24) is 4.98 Å². The number of rotatable bonds is 3. The Hall–Kier alpha value is -0.490. The van der Waals surface area contributed by atoms with Gasteiger partial charge < -0.3 is 15.9 Å². The Balaban J connectivity index is 2.88. The maximum Gasteiger partial charge on any atom is 0.107 e. The first kappa shape index (κ1) is 10.6. The van der Waals surface area contributed by atoms with Crippen LogP contribution < -0.4 is 5.73 Å². The molecule has 1 heterocycles. The van der Waals surface area contributed by atoms with Gasteiger partial charge in [-0.2, -0.15) is 0 Å². The summed E-state index contributed by atoms with van der Waals surface area (Å²) in [5.41, 5.74) is 5.81. The fourth-order valence-corrected chi connectivity index (χ4v) is 1.45. The Morgan fingerprint density at radius 1 is 1.54 bits per heavy atom. The maximum atomic E-state index is 9.58. The van der Waals surface area contributed by atoms with E-state index in [-0.39, 0.29) is 6.54 Å². The molecule has 0 bridgehead atoms. The molecule has 2 unspecified atom stereocenters. The molecular weight excluding hydrogens is 236 g/mol. The van der Waals surface area contributed by atoms with Gasteiger partial charge in [0, 0.05) is 29.0 Å². The third-order valence-corrected chi connectivity index (χ3v) is 2.39. The van der Waals surface area contributed by atoms with Gasteiger partial charge in [0.2, 0.25) is 0 Å². The first-order valence-corrected chi connectivity index (χ1v) is 4.61. The average molecular weight is 247 g/mol. The molecule has 0 aliphatic heterocycles. The Morgan fingerprint density at radius 3 is 2.77 bits per heavy atom. The summed E-state index contributed by atoms with van der Waals surface area (Å²) in [5, 5.41) is 18.9. The average Bonchev–Trinajstić information content (AvgIpc) is 2.16. The first-order chi connectivity index (χ1) is 6.16. The molecular formula is C8H11BrN2O2. The highest BCUT2D eigenvalue weighted by Gasteiger charge is 2.18. The molecule has 0 saturated heterocycles. The fourth-order valence-electron chi connectivity index (χ4n) is 0.962. The van der Waals surface area contributed by atoms with E-state index in [1.165, 1.54) is 0 Å². The van der Waals surface area contributed by atoms with E-state index < -0.39 is 12.2 Å². The molecule has 1 aromatic heterocycles. The summed E-state index contributed by atoms with van der Waals surface area (Å²) >= 11 is 3.22. The lowest BCUT2D eigenvalue weighted by atomic mass is 10.1. The van der Waals surface area contributed by atoms with Gasteiger partial charge in [-0.3, -0.25) is 4.98 Å². The molecule has 13 heavy (non-hydrogen) atoms. The van der Waals surface area contributed by atoms with Crippen LogP contribution in [0.4, 0.5) is 0 Å². The Kier molecular flexibility index (Phi) is 3.80. The molecule has 0 aromatic carbocycles. The van der Waals surface area contributed by atoms with Crippen LogP contribution in [0.15, 0.2) is 22.9 Å². The van der Waals surface area contributed by atoms with E-state index >= 15 is 0 Å². The van der Waals surface area contributed by atoms with Crippen LogP contribution in [0.1, 0.15) is 11.7 Å². The van der Waals surface area contributed by atoms with E-state index in [0.29, 0.717) is 10.0 Å². The second-order valence-corrected chi connectivity index (χ2v) is 3.50. The summed E-state index contributed by atoms with van der Waals surface area (Å²) in [6, 6.07) is 1.63. The molecule has 1 aromatic rings. The Morgan fingerprint density at radius 2 is 2.23 bits per heavy atom. The first-order valence-electron chi connectivity index (χ1n) is 3.82. The van der Waals surface area contributed by atoms with Gasteiger partial charge in [-0.25, -0.2) is 0 Å². The molecule has 0 saturated carbocycles. The summed E-state index contributed by atoms with van der Waals surface area (Å²) < 4.78 is 0.662. The molecule has 5 heteroatoms. The van der Waals surface area contributed by atoms with Crippen molar-refractivity contribution in [2.45, 2.75) is 12.2 Å². The van der Waals surface area contributed by atoms with Gasteiger partial charge in [0.15, 0.2) is 0 Å². The van der Waals surface area contributed by atoms with Gasteiger partial charge in [0.05, 0.1) is 6.10 Å². The van der Waals surface area contributed by atoms with Crippen molar-refractivity contribution in [2.24, 2.45) is 5.73 Å². The van der Waals surface area contributed by atoms with Gasteiger partial charge in [0.25, 0.3) is 0 Å². The van der Waals surface area contributed by atoms with Crippen molar-refractivity contribution < 1.29 is 10.2 Å². The molecule has 0 spiro atoms. The number of nitrogens with two attached hydrogens (primary N) is 1. The van der Waals surface area contributed by atoms with Crippen molar-refractivity contribution >= 4 is 15.9 Å². The summed E-state index contributed by atoms with van der Waals surface area (Å²) in [6.07, 6.45) is 1.19. The minimum atomic E-state index is -0.970. The van der Waals surface area contributed by atoms with Gasteiger partial charge in [-0.05, 0) is 22.0 Å². The predicted molar refractivity (Wildman–Crippen MR) is 52.0 cm³/mol. The van der Waals surface area contributed by atoms with E-state index in [2.05, 4.69) is 20.9 Å². The normalized spacial score (nSPS) is 15.4. The SMILES string of the molecule is NCC(O)C(O)c1ccncc1Br. The van der Waals surface area contributed by atoms with Gasteiger partial charge in [-0.15, -0.1) is 0 Å². The van der Waals surface area contributed by atoms with Crippen molar-refractivity contribution in [3.05, 3.63) is 28.5 Å². The van der Waals surface area contributed by atoms with Crippen LogP contribution in [-0.2, 0) is 0 Å². The maximum absolute atomic E-state index is 9.58. The molecule has 0 aliphatic carbocycles. The lowest BCUT2D eigenvalue weighted by Crippen LogP contribution is -2.27. The zero-order chi connectivity index (χ0) is 9.84. The minimum absolute atomic E-state index is 0.0237. The third-order valence-electron chi connectivity index (χ3n) is 1.73. The highest BCUT2D eigenvalue weighted by atomic mass is 79.9. The van der Waals surface area contributed by atoms with E-state index in [4.69, 9.17) is 5.73 Å². The van der Waals surface area contributed by atoms with E-state index in [1.807, 2.05) is 0 Å². The lowest BCUT2D eigenvalue weighted by Gasteiger charge is -2.17. The van der Waals surface area contributed by atoms with Crippen molar-refractivity contribution in [1.29, 1.82) is 0 Å². The number of aliphatic hydroxyl groups is 2. The molecule has 4 N–H and O–H groups in total. The number of aliphatic hydroxyl groups excluding tert-OH is 2. The van der Waals surface area contributed by atoms with Crippen LogP contribution in [0.25, 0.3) is 0 Å². The summed E-state index contributed by atoms with van der Waals surface area (Å²) in [6.45, 7) is 0.0237. The number of hydrogen-bond acceptors (Lipinski definition) is 4. The predicted octanol–water partition coefficient (Wildman–Crippen LogP) is 0.197. The van der Waals surface area contributed by atoms with Crippen molar-refractivity contribution in [3.63, 3.8) is 0 Å². The number of halogens is 1. The molecule has 0 fully saturated rings. The highest BCUT2D eigenvalue weighted by molar-refractivity contribution is 9.10. The van der Waals surface area contributed by atoms with Crippen LogP contribution >= 0.6 is 15.9 Å². The molecule has 4 nitrogen and oxygen atoms in total. The minimum Gasteiger partial charge on any atom is -0.389 e. The monoisotopic (exact) mass is 246 g/mol. The smallest absolute Gasteiger partial charge is 0.107 e. The molecule has 0 aliphatic rings. The van der Waals surface area contributed by atoms with Crippen molar-refractivity contribution in [2.75, 3.05) is 6.54 Å². The van der Waals surface area contributed by atoms with E-state index in [1.54, 1.807) is 18.5 Å².